The standard InChI is InChI=1S/C16H15N3OS/c1-13-12-21-16(19(13)11-15-8-5-9-20-15)18-17-10-14-6-3-2-4-7-14/h2-10,12H,11H2,1H3/b17-10-,18-16+. The van der Waals surface area contributed by atoms with Gasteiger partial charge in [-0.25, -0.2) is 0 Å². The molecule has 0 amide bonds. The maximum absolute atomic E-state index is 5.39. The van der Waals surface area contributed by atoms with E-state index in [1.54, 1.807) is 23.8 Å². The van der Waals surface area contributed by atoms with Crippen LogP contribution in [0.25, 0.3) is 0 Å². The number of hydrogen-bond donors (Lipinski definition) is 0. The maximum Gasteiger partial charge on any atom is 0.211 e. The second-order valence-electron chi connectivity index (χ2n) is 4.58. The SMILES string of the molecule is Cc1cs/c(=N/N=C\c2ccccc2)n1Cc1ccco1. The van der Waals surface area contributed by atoms with Gasteiger partial charge < -0.3 is 8.98 Å². The number of aromatic nitrogens is 1. The molecule has 106 valence electrons. The van der Waals surface area contributed by atoms with Crippen molar-refractivity contribution in [2.75, 3.05) is 0 Å². The highest BCUT2D eigenvalue weighted by molar-refractivity contribution is 7.07. The van der Waals surface area contributed by atoms with Gasteiger partial charge in [-0.3, -0.25) is 0 Å². The molecule has 1 aromatic carbocycles. The summed E-state index contributed by atoms with van der Waals surface area (Å²) in [6.45, 7) is 2.72. The van der Waals surface area contributed by atoms with Crippen LogP contribution in [0.2, 0.25) is 0 Å². The van der Waals surface area contributed by atoms with Crippen molar-refractivity contribution in [3.05, 3.63) is 75.9 Å². The minimum atomic E-state index is 0.669. The lowest BCUT2D eigenvalue weighted by Gasteiger charge is -2.02. The summed E-state index contributed by atoms with van der Waals surface area (Å²) in [6, 6.07) is 13.8. The molecule has 0 radical (unpaired) electrons. The van der Waals surface area contributed by atoms with E-state index in [4.69, 9.17) is 4.42 Å². The average Bonchev–Trinajstić information content (AvgIpc) is 3.13. The van der Waals surface area contributed by atoms with Crippen molar-refractivity contribution in [1.29, 1.82) is 0 Å². The molecule has 0 bridgehead atoms. The van der Waals surface area contributed by atoms with Gasteiger partial charge in [0.1, 0.15) is 5.76 Å². The highest BCUT2D eigenvalue weighted by Crippen LogP contribution is 2.06. The Hall–Kier alpha value is -2.40. The van der Waals surface area contributed by atoms with Gasteiger partial charge in [0.15, 0.2) is 0 Å². The van der Waals surface area contributed by atoms with Crippen molar-refractivity contribution in [2.24, 2.45) is 10.2 Å². The molecule has 0 aliphatic rings. The van der Waals surface area contributed by atoms with E-state index in [1.807, 2.05) is 42.5 Å². The Balaban J connectivity index is 1.85. The zero-order valence-electron chi connectivity index (χ0n) is 11.6. The summed E-state index contributed by atoms with van der Waals surface area (Å²) in [5, 5.41) is 10.6. The molecule has 0 fully saturated rings. The molecule has 2 heterocycles. The van der Waals surface area contributed by atoms with E-state index in [2.05, 4.69) is 27.1 Å². The molecular formula is C16H15N3OS. The lowest BCUT2D eigenvalue weighted by atomic mass is 10.2. The van der Waals surface area contributed by atoms with E-state index in [-0.39, 0.29) is 0 Å². The van der Waals surface area contributed by atoms with Gasteiger partial charge in [0, 0.05) is 11.1 Å². The largest absolute Gasteiger partial charge is 0.467 e. The molecule has 0 unspecified atom stereocenters. The fourth-order valence-corrected chi connectivity index (χ4v) is 2.76. The third-order valence-corrected chi connectivity index (χ3v) is 4.01. The highest BCUT2D eigenvalue weighted by Gasteiger charge is 2.03. The zero-order valence-corrected chi connectivity index (χ0v) is 12.5. The van der Waals surface area contributed by atoms with Crippen molar-refractivity contribution in [3.8, 4) is 0 Å². The summed E-state index contributed by atoms with van der Waals surface area (Å²) < 4.78 is 7.48. The Morgan fingerprint density at radius 3 is 2.81 bits per heavy atom. The van der Waals surface area contributed by atoms with Crippen LogP contribution >= 0.6 is 11.3 Å². The lowest BCUT2D eigenvalue weighted by Crippen LogP contribution is -2.16. The van der Waals surface area contributed by atoms with E-state index in [1.165, 1.54) is 0 Å². The molecular weight excluding hydrogens is 282 g/mol. The molecule has 3 rings (SSSR count). The Morgan fingerprint density at radius 2 is 2.05 bits per heavy atom. The van der Waals surface area contributed by atoms with Crippen molar-refractivity contribution in [3.63, 3.8) is 0 Å². The van der Waals surface area contributed by atoms with Crippen LogP contribution in [0.4, 0.5) is 0 Å². The smallest absolute Gasteiger partial charge is 0.211 e. The monoisotopic (exact) mass is 297 g/mol. The number of rotatable bonds is 4. The van der Waals surface area contributed by atoms with Crippen LogP contribution in [0, 0.1) is 6.92 Å². The first kappa shape index (κ1) is 13.6. The number of thiazole rings is 1. The number of nitrogens with zero attached hydrogens (tertiary/aromatic N) is 3. The quantitative estimate of drug-likeness (QED) is 0.537. The molecule has 21 heavy (non-hydrogen) atoms. The van der Waals surface area contributed by atoms with Crippen molar-refractivity contribution in [2.45, 2.75) is 13.5 Å². The number of benzene rings is 1. The summed E-state index contributed by atoms with van der Waals surface area (Å²) in [7, 11) is 0. The van der Waals surface area contributed by atoms with Gasteiger partial charge in [-0.05, 0) is 24.6 Å². The van der Waals surface area contributed by atoms with Crippen molar-refractivity contribution < 1.29 is 4.42 Å². The number of furan rings is 1. The van der Waals surface area contributed by atoms with Gasteiger partial charge in [0.25, 0.3) is 0 Å². The normalized spacial score (nSPS) is 12.3. The van der Waals surface area contributed by atoms with E-state index in [0.717, 1.165) is 21.8 Å². The summed E-state index contributed by atoms with van der Waals surface area (Å²) in [4.78, 5) is 0.857. The van der Waals surface area contributed by atoms with Crippen LogP contribution in [0.3, 0.4) is 0 Å². The first-order chi connectivity index (χ1) is 10.3. The van der Waals surface area contributed by atoms with Gasteiger partial charge in [-0.2, -0.15) is 5.10 Å². The Morgan fingerprint density at radius 1 is 1.19 bits per heavy atom. The molecule has 0 atom stereocenters. The molecule has 5 heteroatoms. The second-order valence-corrected chi connectivity index (χ2v) is 5.42. The van der Waals surface area contributed by atoms with Gasteiger partial charge in [-0.15, -0.1) is 16.4 Å². The molecule has 2 aromatic heterocycles. The number of hydrogen-bond acceptors (Lipinski definition) is 4. The summed E-state index contributed by atoms with van der Waals surface area (Å²) in [5.41, 5.74) is 2.18. The topological polar surface area (TPSA) is 42.8 Å². The van der Waals surface area contributed by atoms with Crippen LogP contribution in [-0.4, -0.2) is 10.8 Å². The number of aryl methyl sites for hydroxylation is 1. The Bertz CT molecular complexity index is 783. The minimum Gasteiger partial charge on any atom is -0.467 e. The van der Waals surface area contributed by atoms with Gasteiger partial charge in [-0.1, -0.05) is 30.3 Å². The van der Waals surface area contributed by atoms with Crippen LogP contribution in [0.5, 0.6) is 0 Å². The van der Waals surface area contributed by atoms with E-state index in [9.17, 15) is 0 Å². The fraction of sp³-hybridized carbons (Fsp3) is 0.125. The molecule has 3 aromatic rings. The second kappa shape index (κ2) is 6.37. The molecule has 0 spiro atoms. The predicted octanol–water partition coefficient (Wildman–Crippen LogP) is 3.43. The summed E-state index contributed by atoms with van der Waals surface area (Å²) >= 11 is 1.57. The molecule has 0 aliphatic carbocycles. The van der Waals surface area contributed by atoms with E-state index < -0.39 is 0 Å². The van der Waals surface area contributed by atoms with Crippen molar-refractivity contribution in [1.82, 2.24) is 4.57 Å². The van der Waals surface area contributed by atoms with Crippen molar-refractivity contribution >= 4 is 17.6 Å². The predicted molar refractivity (Wildman–Crippen MR) is 84.5 cm³/mol. The molecule has 0 saturated carbocycles. The first-order valence-corrected chi connectivity index (χ1v) is 7.50. The van der Waals surface area contributed by atoms with E-state index >= 15 is 0 Å². The first-order valence-electron chi connectivity index (χ1n) is 6.62. The van der Waals surface area contributed by atoms with Crippen LogP contribution in [-0.2, 0) is 6.54 Å². The minimum absolute atomic E-state index is 0.669. The van der Waals surface area contributed by atoms with Gasteiger partial charge >= 0.3 is 0 Å². The third kappa shape index (κ3) is 3.38. The summed E-state index contributed by atoms with van der Waals surface area (Å²) in [5.74, 6) is 0.907. The van der Waals surface area contributed by atoms with E-state index in [0.29, 0.717) is 6.54 Å². The molecule has 0 aliphatic heterocycles. The van der Waals surface area contributed by atoms with Crippen LogP contribution in [0.15, 0.2) is 68.7 Å². The lowest BCUT2D eigenvalue weighted by molar-refractivity contribution is 0.488. The van der Waals surface area contributed by atoms with Crippen LogP contribution < -0.4 is 4.80 Å². The third-order valence-electron chi connectivity index (χ3n) is 3.04. The maximum atomic E-state index is 5.39. The van der Waals surface area contributed by atoms with Crippen LogP contribution in [0.1, 0.15) is 17.0 Å². The van der Waals surface area contributed by atoms with Gasteiger partial charge in [0.05, 0.1) is 19.0 Å². The summed E-state index contributed by atoms with van der Waals surface area (Å²) in [6.07, 6.45) is 3.44. The Kier molecular flexibility index (Phi) is 4.12. The Labute approximate surface area is 126 Å². The van der Waals surface area contributed by atoms with Gasteiger partial charge in [0.2, 0.25) is 4.80 Å². The fourth-order valence-electron chi connectivity index (χ4n) is 1.93. The highest BCUT2D eigenvalue weighted by atomic mass is 32.1. The zero-order chi connectivity index (χ0) is 14.5. The molecule has 4 nitrogen and oxygen atoms in total. The average molecular weight is 297 g/mol. The molecule has 0 N–H and O–H groups in total. The molecule has 0 saturated heterocycles.